The topological polar surface area (TPSA) is 81.1 Å². The third kappa shape index (κ3) is 2.44. The van der Waals surface area contributed by atoms with E-state index in [1.54, 1.807) is 10.8 Å². The predicted molar refractivity (Wildman–Crippen MR) is 86.1 cm³/mol. The van der Waals surface area contributed by atoms with E-state index < -0.39 is 5.43 Å². The summed E-state index contributed by atoms with van der Waals surface area (Å²) in [5.74, 6) is -0.0694. The van der Waals surface area contributed by atoms with Crippen LogP contribution >= 0.6 is 0 Å². The normalized spacial score (nSPS) is 10.6. The Kier molecular flexibility index (Phi) is 3.39. The van der Waals surface area contributed by atoms with Crippen molar-refractivity contribution in [3.63, 3.8) is 0 Å². The van der Waals surface area contributed by atoms with Gasteiger partial charge in [0.1, 0.15) is 5.82 Å². The molecule has 0 fully saturated rings. The number of anilines is 1. The van der Waals surface area contributed by atoms with Gasteiger partial charge in [-0.15, -0.1) is 0 Å². The summed E-state index contributed by atoms with van der Waals surface area (Å²) < 4.78 is 1.58. The summed E-state index contributed by atoms with van der Waals surface area (Å²) in [5.41, 5.74) is 9.08. The second kappa shape index (κ2) is 5.37. The highest BCUT2D eigenvalue weighted by molar-refractivity contribution is 5.68. The molecule has 0 radical (unpaired) electrons. The molecule has 3 rings (SSSR count). The van der Waals surface area contributed by atoms with E-state index in [9.17, 15) is 9.90 Å². The van der Waals surface area contributed by atoms with E-state index in [1.165, 1.54) is 12.3 Å². The first-order valence-electron chi connectivity index (χ1n) is 6.80. The second-order valence-electron chi connectivity index (χ2n) is 5.00. The van der Waals surface area contributed by atoms with Crippen LogP contribution in [-0.4, -0.2) is 14.7 Å². The summed E-state index contributed by atoms with van der Waals surface area (Å²) in [6, 6.07) is 12.7. The van der Waals surface area contributed by atoms with Crippen molar-refractivity contribution in [2.24, 2.45) is 0 Å². The average molecular weight is 293 g/mol. The number of hydrogen-bond donors (Lipinski definition) is 2. The molecule has 2 aromatic heterocycles. The number of nitrogens with zero attached hydrogens (tertiary/aromatic N) is 2. The Labute approximate surface area is 127 Å². The molecular weight excluding hydrogens is 278 g/mol. The number of hydrogen-bond acceptors (Lipinski definition) is 4. The Morgan fingerprint density at radius 2 is 2.00 bits per heavy atom. The average Bonchev–Trinajstić information content (AvgIpc) is 2.51. The molecule has 3 aromatic rings. The zero-order valence-electron chi connectivity index (χ0n) is 12.0. The predicted octanol–water partition coefficient (Wildman–Crippen LogP) is 2.50. The fourth-order valence-electron chi connectivity index (χ4n) is 2.37. The summed E-state index contributed by atoms with van der Waals surface area (Å²) in [6.45, 7) is 1.95. The molecule has 110 valence electrons. The maximum atomic E-state index is 11.4. The standard InChI is InChI=1S/C17H15N3O2/c1-11-14(6-3-7-19-11)12-4-2-5-13(8-12)20-10-16(22)15(21)9-17(20)18/h2-10,22H,18H2,1H3. The number of rotatable bonds is 2. The number of aryl methyl sites for hydroxylation is 1. The molecule has 0 amide bonds. The molecule has 0 saturated heterocycles. The highest BCUT2D eigenvalue weighted by atomic mass is 16.3. The van der Waals surface area contributed by atoms with Crippen LogP contribution in [0.2, 0.25) is 0 Å². The molecule has 0 unspecified atom stereocenters. The van der Waals surface area contributed by atoms with Crippen LogP contribution < -0.4 is 11.2 Å². The molecule has 3 N–H and O–H groups in total. The van der Waals surface area contributed by atoms with Crippen LogP contribution in [0, 0.1) is 6.92 Å². The van der Waals surface area contributed by atoms with Crippen LogP contribution in [0.4, 0.5) is 5.82 Å². The fourth-order valence-corrected chi connectivity index (χ4v) is 2.37. The molecule has 5 heteroatoms. The number of nitrogens with two attached hydrogens (primary N) is 1. The number of benzene rings is 1. The molecule has 0 spiro atoms. The van der Waals surface area contributed by atoms with Crippen molar-refractivity contribution in [1.29, 1.82) is 0 Å². The van der Waals surface area contributed by atoms with Gasteiger partial charge in [-0.3, -0.25) is 14.3 Å². The molecule has 0 atom stereocenters. The third-order valence-corrected chi connectivity index (χ3v) is 3.50. The minimum Gasteiger partial charge on any atom is -0.503 e. The highest BCUT2D eigenvalue weighted by Gasteiger charge is 2.07. The quantitative estimate of drug-likeness (QED) is 0.760. The first-order valence-corrected chi connectivity index (χ1v) is 6.80. The molecule has 0 saturated carbocycles. The third-order valence-electron chi connectivity index (χ3n) is 3.50. The minimum absolute atomic E-state index is 0.267. The lowest BCUT2D eigenvalue weighted by molar-refractivity contribution is 0.466. The SMILES string of the molecule is Cc1ncccc1-c1cccc(-n2cc(O)c(=O)cc2N)c1. The number of aromatic hydroxyl groups is 1. The maximum Gasteiger partial charge on any atom is 0.225 e. The van der Waals surface area contributed by atoms with Gasteiger partial charge >= 0.3 is 0 Å². The highest BCUT2D eigenvalue weighted by Crippen LogP contribution is 2.25. The summed E-state index contributed by atoms with van der Waals surface area (Å²) in [5, 5.41) is 9.62. The smallest absolute Gasteiger partial charge is 0.225 e. The van der Waals surface area contributed by atoms with E-state index in [1.807, 2.05) is 43.3 Å². The van der Waals surface area contributed by atoms with Gasteiger partial charge in [-0.2, -0.15) is 0 Å². The van der Waals surface area contributed by atoms with Crippen molar-refractivity contribution in [3.05, 3.63) is 70.8 Å². The van der Waals surface area contributed by atoms with Crippen LogP contribution in [-0.2, 0) is 0 Å². The molecule has 0 aliphatic rings. The van der Waals surface area contributed by atoms with E-state index >= 15 is 0 Å². The molecule has 1 aromatic carbocycles. The van der Waals surface area contributed by atoms with Gasteiger partial charge < -0.3 is 10.8 Å². The lowest BCUT2D eigenvalue weighted by Gasteiger charge is -2.12. The van der Waals surface area contributed by atoms with Crippen molar-refractivity contribution in [2.45, 2.75) is 6.92 Å². The monoisotopic (exact) mass is 293 g/mol. The van der Waals surface area contributed by atoms with Crippen LogP contribution in [0.1, 0.15) is 5.69 Å². The summed E-state index contributed by atoms with van der Waals surface area (Å²) in [6.07, 6.45) is 3.08. The molecule has 5 nitrogen and oxygen atoms in total. The largest absolute Gasteiger partial charge is 0.503 e. The molecule has 0 aliphatic heterocycles. The lowest BCUT2D eigenvalue weighted by Crippen LogP contribution is -2.10. The zero-order chi connectivity index (χ0) is 15.7. The summed E-state index contributed by atoms with van der Waals surface area (Å²) in [4.78, 5) is 15.7. The van der Waals surface area contributed by atoms with Gasteiger partial charge in [-0.1, -0.05) is 18.2 Å². The van der Waals surface area contributed by atoms with E-state index in [4.69, 9.17) is 5.73 Å². The number of aromatic nitrogens is 2. The van der Waals surface area contributed by atoms with E-state index in [2.05, 4.69) is 4.98 Å². The minimum atomic E-state index is -0.493. The summed E-state index contributed by atoms with van der Waals surface area (Å²) in [7, 11) is 0. The van der Waals surface area contributed by atoms with Crippen LogP contribution in [0.3, 0.4) is 0 Å². The van der Waals surface area contributed by atoms with Crippen molar-refractivity contribution < 1.29 is 5.11 Å². The number of pyridine rings is 2. The molecule has 2 heterocycles. The molecular formula is C17H15N3O2. The van der Waals surface area contributed by atoms with Crippen LogP contribution in [0.25, 0.3) is 16.8 Å². The number of nitrogen functional groups attached to an aromatic ring is 1. The maximum absolute atomic E-state index is 11.4. The van der Waals surface area contributed by atoms with E-state index in [0.29, 0.717) is 0 Å². The molecule has 0 aliphatic carbocycles. The lowest BCUT2D eigenvalue weighted by atomic mass is 10.0. The van der Waals surface area contributed by atoms with Gasteiger partial charge in [0.15, 0.2) is 5.75 Å². The van der Waals surface area contributed by atoms with Crippen LogP contribution in [0.15, 0.2) is 59.7 Å². The van der Waals surface area contributed by atoms with Crippen molar-refractivity contribution in [1.82, 2.24) is 9.55 Å². The van der Waals surface area contributed by atoms with Crippen molar-refractivity contribution in [2.75, 3.05) is 5.73 Å². The van der Waals surface area contributed by atoms with Gasteiger partial charge in [-0.25, -0.2) is 0 Å². The zero-order valence-corrected chi connectivity index (χ0v) is 12.0. The second-order valence-corrected chi connectivity index (χ2v) is 5.00. The van der Waals surface area contributed by atoms with Crippen molar-refractivity contribution in [3.8, 4) is 22.6 Å². The Hall–Kier alpha value is -3.08. The Morgan fingerprint density at radius 3 is 2.77 bits per heavy atom. The summed E-state index contributed by atoms with van der Waals surface area (Å²) >= 11 is 0. The molecule has 0 bridgehead atoms. The van der Waals surface area contributed by atoms with Gasteiger partial charge in [-0.05, 0) is 30.7 Å². The Morgan fingerprint density at radius 1 is 1.18 bits per heavy atom. The van der Waals surface area contributed by atoms with Crippen LogP contribution in [0.5, 0.6) is 5.75 Å². The van der Waals surface area contributed by atoms with E-state index in [-0.39, 0.29) is 11.6 Å². The van der Waals surface area contributed by atoms with E-state index in [0.717, 1.165) is 22.5 Å². The van der Waals surface area contributed by atoms with Crippen molar-refractivity contribution >= 4 is 5.82 Å². The fraction of sp³-hybridized carbons (Fsp3) is 0.0588. The molecule has 22 heavy (non-hydrogen) atoms. The Bertz CT molecular complexity index is 900. The van der Waals surface area contributed by atoms with Gasteiger partial charge in [0.2, 0.25) is 5.43 Å². The first kappa shape index (κ1) is 13.9. The van der Waals surface area contributed by atoms with Gasteiger partial charge in [0.25, 0.3) is 0 Å². The van der Waals surface area contributed by atoms with Gasteiger partial charge in [0, 0.05) is 29.2 Å². The Balaban J connectivity index is 2.15. The van der Waals surface area contributed by atoms with Gasteiger partial charge in [0.05, 0.1) is 6.20 Å². The first-order chi connectivity index (χ1) is 10.6.